The molecule has 0 aromatic rings. The van der Waals surface area contributed by atoms with Crippen molar-refractivity contribution in [2.75, 3.05) is 0 Å². The lowest BCUT2D eigenvalue weighted by Gasteiger charge is -1.70. The number of halogens is 1. The molecule has 0 atom stereocenters. The zero-order chi connectivity index (χ0) is 5.70. The van der Waals surface area contributed by atoms with Crippen LogP contribution < -0.4 is 0 Å². The molecule has 7 heavy (non-hydrogen) atoms. The van der Waals surface area contributed by atoms with Crippen molar-refractivity contribution >= 4 is 11.6 Å². The third kappa shape index (κ3) is 5.59. The zero-order valence-corrected chi connectivity index (χ0v) is 5.05. The first kappa shape index (κ1) is 6.59. The van der Waals surface area contributed by atoms with Gasteiger partial charge >= 0.3 is 0 Å². The Labute approximate surface area is 49.2 Å². The smallest absolute Gasteiger partial charge is 0.0832 e. The quantitative estimate of drug-likeness (QED) is 0.424. The molecule has 0 rings (SSSR count). The maximum Gasteiger partial charge on any atom is 0.0832 e. The monoisotopic (exact) mass is 114 g/mol. The lowest BCUT2D eigenvalue weighted by Crippen LogP contribution is -1.55. The van der Waals surface area contributed by atoms with Crippen LogP contribution in [0.3, 0.4) is 0 Å². The second-order valence-corrected chi connectivity index (χ2v) is 1.52. The molecule has 0 aliphatic rings. The zero-order valence-electron chi connectivity index (χ0n) is 4.29. The van der Waals surface area contributed by atoms with Crippen molar-refractivity contribution in [3.8, 4) is 11.8 Å². The highest BCUT2D eigenvalue weighted by atomic mass is 35.5. The van der Waals surface area contributed by atoms with E-state index < -0.39 is 0 Å². The fourth-order valence-corrected chi connectivity index (χ4v) is 0.251. The summed E-state index contributed by atoms with van der Waals surface area (Å²) in [6.07, 6.45) is 0.839. The Hall–Kier alpha value is -0.410. The molecule has 0 amide bonds. The van der Waals surface area contributed by atoms with Gasteiger partial charge in [-0.25, -0.2) is 0 Å². The van der Waals surface area contributed by atoms with E-state index in [2.05, 4.69) is 18.4 Å². The Morgan fingerprint density at radius 1 is 1.86 bits per heavy atom. The summed E-state index contributed by atoms with van der Waals surface area (Å²) in [7, 11) is 0. The van der Waals surface area contributed by atoms with Gasteiger partial charge in [-0.05, 0) is 0 Å². The molecule has 0 heterocycles. The van der Waals surface area contributed by atoms with Crippen LogP contribution in [0.25, 0.3) is 0 Å². The first-order valence-corrected chi connectivity index (χ1v) is 2.48. The SMILES string of the molecule is C=C(Cl)C#CCC. The van der Waals surface area contributed by atoms with Crippen LogP contribution in [0.1, 0.15) is 13.3 Å². The van der Waals surface area contributed by atoms with E-state index in [1.807, 2.05) is 6.92 Å². The Kier molecular flexibility index (Phi) is 3.55. The molecule has 1 heteroatoms. The number of rotatable bonds is 0. The standard InChI is InChI=1S/C6H7Cl/c1-3-4-5-6(2)7/h2-3H2,1H3. The molecule has 0 spiro atoms. The van der Waals surface area contributed by atoms with E-state index in [9.17, 15) is 0 Å². The molecule has 0 aliphatic heterocycles. The van der Waals surface area contributed by atoms with E-state index in [1.54, 1.807) is 0 Å². The minimum Gasteiger partial charge on any atom is -0.0973 e. The molecule has 0 aliphatic carbocycles. The minimum absolute atomic E-state index is 0.418. The van der Waals surface area contributed by atoms with Crippen molar-refractivity contribution < 1.29 is 0 Å². The minimum atomic E-state index is 0.418. The Morgan fingerprint density at radius 3 is 2.57 bits per heavy atom. The molecule has 0 unspecified atom stereocenters. The predicted molar refractivity (Wildman–Crippen MR) is 33.1 cm³/mol. The van der Waals surface area contributed by atoms with Gasteiger partial charge in [0.1, 0.15) is 0 Å². The molecule has 0 aromatic carbocycles. The van der Waals surface area contributed by atoms with Gasteiger partial charge in [-0.15, -0.1) is 0 Å². The van der Waals surface area contributed by atoms with Crippen LogP contribution in [0.15, 0.2) is 11.6 Å². The normalized spacial score (nSPS) is 6.57. The summed E-state index contributed by atoms with van der Waals surface area (Å²) in [5.41, 5.74) is 0. The molecular weight excluding hydrogens is 108 g/mol. The largest absolute Gasteiger partial charge is 0.0973 e. The van der Waals surface area contributed by atoms with E-state index in [0.717, 1.165) is 6.42 Å². The number of hydrogen-bond acceptors (Lipinski definition) is 0. The average Bonchev–Trinajstić information content (AvgIpc) is 1.61. The molecule has 38 valence electrons. The van der Waals surface area contributed by atoms with E-state index in [0.29, 0.717) is 5.03 Å². The summed E-state index contributed by atoms with van der Waals surface area (Å²) >= 11 is 5.29. The third-order valence-electron chi connectivity index (χ3n) is 0.401. The Bertz CT molecular complexity index is 114. The van der Waals surface area contributed by atoms with Crippen LogP contribution in [0.5, 0.6) is 0 Å². The van der Waals surface area contributed by atoms with Gasteiger partial charge in [-0.1, -0.05) is 36.9 Å². The molecule has 0 aromatic heterocycles. The van der Waals surface area contributed by atoms with Gasteiger partial charge in [-0.2, -0.15) is 0 Å². The third-order valence-corrected chi connectivity index (χ3v) is 0.495. The molecule has 0 saturated carbocycles. The van der Waals surface area contributed by atoms with Gasteiger partial charge in [-0.3, -0.25) is 0 Å². The summed E-state index contributed by atoms with van der Waals surface area (Å²) in [5.74, 6) is 5.38. The van der Waals surface area contributed by atoms with Gasteiger partial charge in [0.15, 0.2) is 0 Å². The maximum absolute atomic E-state index is 5.29. The van der Waals surface area contributed by atoms with E-state index >= 15 is 0 Å². The van der Waals surface area contributed by atoms with Gasteiger partial charge in [0, 0.05) is 6.42 Å². The van der Waals surface area contributed by atoms with Crippen molar-refractivity contribution in [2.45, 2.75) is 13.3 Å². The second kappa shape index (κ2) is 3.77. The number of allylic oxidation sites excluding steroid dienone is 1. The number of hydrogen-bond donors (Lipinski definition) is 0. The molecule has 0 fully saturated rings. The van der Waals surface area contributed by atoms with Gasteiger partial charge in [0.2, 0.25) is 0 Å². The summed E-state index contributed by atoms with van der Waals surface area (Å²) in [6.45, 7) is 5.35. The fourth-order valence-electron chi connectivity index (χ4n) is 0.184. The molecule has 0 nitrogen and oxygen atoms in total. The second-order valence-electron chi connectivity index (χ2n) is 1.06. The van der Waals surface area contributed by atoms with Gasteiger partial charge in [0.05, 0.1) is 5.03 Å². The lowest BCUT2D eigenvalue weighted by atomic mass is 10.5. The molecule has 0 N–H and O–H groups in total. The fraction of sp³-hybridized carbons (Fsp3) is 0.333. The highest BCUT2D eigenvalue weighted by molar-refractivity contribution is 6.31. The first-order chi connectivity index (χ1) is 3.27. The lowest BCUT2D eigenvalue weighted by molar-refractivity contribution is 1.28. The van der Waals surface area contributed by atoms with Crippen molar-refractivity contribution in [3.63, 3.8) is 0 Å². The van der Waals surface area contributed by atoms with Crippen molar-refractivity contribution in [2.24, 2.45) is 0 Å². The summed E-state index contributed by atoms with van der Waals surface area (Å²) < 4.78 is 0. The van der Waals surface area contributed by atoms with Crippen molar-refractivity contribution in [1.29, 1.82) is 0 Å². The Balaban J connectivity index is 3.45. The molecule has 0 saturated heterocycles. The molecule has 0 bridgehead atoms. The topological polar surface area (TPSA) is 0 Å². The summed E-state index contributed by atoms with van der Waals surface area (Å²) in [6, 6.07) is 0. The van der Waals surface area contributed by atoms with Gasteiger partial charge in [0.25, 0.3) is 0 Å². The molecular formula is C6H7Cl. The van der Waals surface area contributed by atoms with Crippen LogP contribution >= 0.6 is 11.6 Å². The highest BCUT2D eigenvalue weighted by Crippen LogP contribution is 1.90. The predicted octanol–water partition coefficient (Wildman–Crippen LogP) is 2.15. The average molecular weight is 115 g/mol. The first-order valence-electron chi connectivity index (χ1n) is 2.10. The van der Waals surface area contributed by atoms with Crippen LogP contribution in [0, 0.1) is 11.8 Å². The van der Waals surface area contributed by atoms with Crippen molar-refractivity contribution in [3.05, 3.63) is 11.6 Å². The highest BCUT2D eigenvalue weighted by Gasteiger charge is 1.68. The van der Waals surface area contributed by atoms with Crippen molar-refractivity contribution in [1.82, 2.24) is 0 Å². The van der Waals surface area contributed by atoms with Crippen LogP contribution in [0.2, 0.25) is 0 Å². The van der Waals surface area contributed by atoms with Crippen LogP contribution in [0.4, 0.5) is 0 Å². The summed E-state index contributed by atoms with van der Waals surface area (Å²) in [5, 5.41) is 0.418. The van der Waals surface area contributed by atoms with E-state index in [-0.39, 0.29) is 0 Å². The maximum atomic E-state index is 5.29. The molecule has 0 radical (unpaired) electrons. The van der Waals surface area contributed by atoms with Crippen LogP contribution in [-0.4, -0.2) is 0 Å². The summed E-state index contributed by atoms with van der Waals surface area (Å²) in [4.78, 5) is 0. The van der Waals surface area contributed by atoms with E-state index in [4.69, 9.17) is 11.6 Å². The van der Waals surface area contributed by atoms with E-state index in [1.165, 1.54) is 0 Å². The van der Waals surface area contributed by atoms with Gasteiger partial charge < -0.3 is 0 Å². The Morgan fingerprint density at radius 2 is 2.43 bits per heavy atom. The van der Waals surface area contributed by atoms with Crippen LogP contribution in [-0.2, 0) is 0 Å².